The van der Waals surface area contributed by atoms with E-state index < -0.39 is 25.3 Å². The molecule has 0 saturated heterocycles. The summed E-state index contributed by atoms with van der Waals surface area (Å²) in [6.07, 6.45) is 5.12. The second-order valence-corrected chi connectivity index (χ2v) is 10.1. The molecule has 0 aliphatic carbocycles. The molecule has 0 saturated carbocycles. The predicted molar refractivity (Wildman–Crippen MR) is 144 cm³/mol. The normalized spacial score (nSPS) is 20.8. The Labute approximate surface area is 225 Å². The van der Waals surface area contributed by atoms with Crippen LogP contribution in [0.1, 0.15) is 57.2 Å². The smallest absolute Gasteiger partial charge is 0.417 e. The van der Waals surface area contributed by atoms with Crippen LogP contribution >= 0.6 is 0 Å². The van der Waals surface area contributed by atoms with Crippen molar-refractivity contribution in [1.82, 2.24) is 4.98 Å². The van der Waals surface area contributed by atoms with E-state index in [4.69, 9.17) is 14.0 Å². The number of aryl methyl sites for hydroxylation is 2. The van der Waals surface area contributed by atoms with Crippen molar-refractivity contribution in [3.8, 4) is 22.5 Å². The summed E-state index contributed by atoms with van der Waals surface area (Å²) in [7, 11) is 0. The first kappa shape index (κ1) is 15.1. The van der Waals surface area contributed by atoms with Gasteiger partial charge in [-0.1, -0.05) is 26.0 Å². The molecule has 0 bridgehead atoms. The topological polar surface area (TPSA) is 33.8 Å². The lowest BCUT2D eigenvalue weighted by atomic mass is 9.89. The van der Waals surface area contributed by atoms with E-state index in [2.05, 4.69) is 4.98 Å². The Morgan fingerprint density at radius 3 is 2.65 bits per heavy atom. The fraction of sp³-hybridized carbons (Fsp3) is 0.182. The van der Waals surface area contributed by atoms with Crippen molar-refractivity contribution in [3.05, 3.63) is 113 Å². The summed E-state index contributed by atoms with van der Waals surface area (Å²) in [5.41, 5.74) is 5.27. The average molecular weight is 489 g/mol. The fourth-order valence-electron chi connectivity index (χ4n) is 6.41. The van der Waals surface area contributed by atoms with E-state index in [9.17, 15) is 0 Å². The van der Waals surface area contributed by atoms with Crippen molar-refractivity contribution in [1.29, 1.82) is 0 Å². The van der Waals surface area contributed by atoms with Gasteiger partial charge < -0.3 is 4.42 Å². The highest BCUT2D eigenvalue weighted by atomic mass is 16.3. The number of rotatable bonds is 1. The summed E-state index contributed by atoms with van der Waals surface area (Å²) in [6.45, 7) is -1.49. The number of hydrogen-bond donors (Lipinski definition) is 0. The van der Waals surface area contributed by atoms with Gasteiger partial charge in [-0.05, 0) is 67.6 Å². The molecule has 2 aliphatic heterocycles. The molecular weight excluding hydrogens is 454 g/mol. The minimum Gasteiger partial charge on any atom is -0.437 e. The first-order valence-corrected chi connectivity index (χ1v) is 12.3. The Hall–Kier alpha value is -4.31. The zero-order valence-corrected chi connectivity index (χ0v) is 20.3. The van der Waals surface area contributed by atoms with Gasteiger partial charge in [-0.2, -0.15) is 0 Å². The molecule has 0 N–H and O–H groups in total. The van der Waals surface area contributed by atoms with E-state index in [0.29, 0.717) is 28.1 Å². The summed E-state index contributed by atoms with van der Waals surface area (Å²) in [6, 6.07) is 20.9. The van der Waals surface area contributed by atoms with Gasteiger partial charge in [0.2, 0.25) is 17.1 Å². The molecule has 4 heteroatoms. The van der Waals surface area contributed by atoms with Gasteiger partial charge in [0.1, 0.15) is 16.7 Å². The second-order valence-electron chi connectivity index (χ2n) is 10.1. The summed E-state index contributed by atoms with van der Waals surface area (Å²) in [5, 5.41) is 1.67. The van der Waals surface area contributed by atoms with E-state index in [0.717, 1.165) is 33.2 Å². The highest BCUT2D eigenvalue weighted by molar-refractivity contribution is 6.09. The van der Waals surface area contributed by atoms with E-state index in [1.807, 2.05) is 63.7 Å². The lowest BCUT2D eigenvalue weighted by Crippen LogP contribution is -2.71. The number of nitrogens with zero attached hydrogens (tertiary/aromatic N) is 3. The number of pyridine rings is 3. The highest BCUT2D eigenvalue weighted by Crippen LogP contribution is 2.50. The molecule has 1 atom stereocenters. The van der Waals surface area contributed by atoms with E-state index in [1.165, 1.54) is 0 Å². The number of fused-ring (bicyclic) bond motifs is 14. The maximum atomic E-state index is 9.02. The third-order valence-corrected chi connectivity index (χ3v) is 7.90. The van der Waals surface area contributed by atoms with E-state index in [-0.39, 0.29) is 11.1 Å². The minimum atomic E-state index is -2.49. The number of benzene rings is 2. The van der Waals surface area contributed by atoms with Crippen LogP contribution in [-0.4, -0.2) is 4.98 Å². The molecule has 0 fully saturated rings. The number of hydrogen-bond acceptors (Lipinski definition) is 2. The van der Waals surface area contributed by atoms with Gasteiger partial charge in [-0.3, -0.25) is 0 Å². The van der Waals surface area contributed by atoms with Crippen molar-refractivity contribution in [2.45, 2.75) is 39.1 Å². The Kier molecular flexibility index (Phi) is 2.82. The lowest BCUT2D eigenvalue weighted by Gasteiger charge is -2.19. The van der Waals surface area contributed by atoms with Crippen molar-refractivity contribution in [2.24, 2.45) is 0 Å². The monoisotopic (exact) mass is 488 g/mol. The fourth-order valence-corrected chi connectivity index (χ4v) is 6.41. The van der Waals surface area contributed by atoms with Crippen LogP contribution in [-0.2, 0) is 5.66 Å². The molecule has 2 aliphatic rings. The summed E-state index contributed by atoms with van der Waals surface area (Å²) >= 11 is 0. The van der Waals surface area contributed by atoms with Crippen LogP contribution in [0.3, 0.4) is 0 Å². The van der Waals surface area contributed by atoms with Crippen molar-refractivity contribution in [3.63, 3.8) is 0 Å². The average Bonchev–Trinajstić information content (AvgIpc) is 3.58. The van der Waals surface area contributed by atoms with Gasteiger partial charge in [-0.15, -0.1) is 9.13 Å². The maximum Gasteiger partial charge on any atom is 0.417 e. The lowest BCUT2D eigenvalue weighted by molar-refractivity contribution is -0.955. The number of furan rings is 1. The SMILES string of the molecule is [2H]C([2H])([2H])c1ccc2[n+](c1)C1(c3ccccc3-2)c2ccc3c(oc4ncccc43)c2-c2cc(C([2H])([2H])[2H])c(C([2H])(C)C)c[n+]21. The van der Waals surface area contributed by atoms with Crippen LogP contribution in [0.15, 0.2) is 89.7 Å². The van der Waals surface area contributed by atoms with Gasteiger partial charge in [-0.25, -0.2) is 4.98 Å². The third-order valence-electron chi connectivity index (χ3n) is 7.90. The van der Waals surface area contributed by atoms with Gasteiger partial charge in [0, 0.05) is 49.8 Å². The molecule has 4 nitrogen and oxygen atoms in total. The zero-order valence-electron chi connectivity index (χ0n) is 27.3. The summed E-state index contributed by atoms with van der Waals surface area (Å²) in [5.74, 6) is -1.26. The van der Waals surface area contributed by atoms with Crippen LogP contribution in [0.5, 0.6) is 0 Å². The summed E-state index contributed by atoms with van der Waals surface area (Å²) < 4.78 is 69.5. The second kappa shape index (κ2) is 6.92. The molecule has 6 heterocycles. The third kappa shape index (κ3) is 2.41. The first-order chi connectivity index (χ1) is 20.7. The predicted octanol–water partition coefficient (Wildman–Crippen LogP) is 6.55. The van der Waals surface area contributed by atoms with Crippen LogP contribution in [0, 0.1) is 13.7 Å². The van der Waals surface area contributed by atoms with Crippen molar-refractivity contribution in [2.75, 3.05) is 0 Å². The molecular formula is C33H27N3O+2. The molecule has 6 aromatic rings. The van der Waals surface area contributed by atoms with Crippen molar-refractivity contribution < 1.29 is 23.1 Å². The van der Waals surface area contributed by atoms with Gasteiger partial charge in [0.05, 0.1) is 5.56 Å². The minimum absolute atomic E-state index is 0.0886. The Morgan fingerprint density at radius 1 is 0.892 bits per heavy atom. The zero-order chi connectivity index (χ0) is 31.0. The maximum absolute atomic E-state index is 9.02. The van der Waals surface area contributed by atoms with Crippen molar-refractivity contribution >= 4 is 22.1 Å². The van der Waals surface area contributed by atoms with Gasteiger partial charge in [0.25, 0.3) is 0 Å². The first-order valence-electron chi connectivity index (χ1n) is 15.8. The van der Waals surface area contributed by atoms with E-state index in [1.54, 1.807) is 44.6 Å². The molecule has 8 rings (SSSR count). The van der Waals surface area contributed by atoms with E-state index >= 15 is 0 Å². The standard InChI is InChI=1S/C33H27N3O/c1-19(2)25-18-36-29(16-21(25)4)30-27(13-12-22-23-9-7-15-34-32(23)37-31(22)30)33(36)26-10-6-5-8-24(26)28-14-11-20(3)17-35(28)33/h5-19H,1-4H3/q+2/i3D3,4D3,19D. The molecule has 1 unspecified atom stereocenters. The largest absolute Gasteiger partial charge is 0.437 e. The molecule has 37 heavy (non-hydrogen) atoms. The van der Waals surface area contributed by atoms with Crippen LogP contribution < -0.4 is 9.13 Å². The molecule has 2 aromatic carbocycles. The molecule has 4 aromatic heterocycles. The molecule has 0 amide bonds. The molecule has 1 spiro atoms. The highest BCUT2D eigenvalue weighted by Gasteiger charge is 2.67. The Bertz CT molecular complexity index is 2210. The molecule has 178 valence electrons. The van der Waals surface area contributed by atoms with Crippen LogP contribution in [0.4, 0.5) is 0 Å². The van der Waals surface area contributed by atoms with Gasteiger partial charge in [0.15, 0.2) is 18.0 Å². The quantitative estimate of drug-likeness (QED) is 0.245. The summed E-state index contributed by atoms with van der Waals surface area (Å²) in [4.78, 5) is 4.45. The molecule has 0 radical (unpaired) electrons. The van der Waals surface area contributed by atoms with Crippen LogP contribution in [0.2, 0.25) is 0 Å². The van der Waals surface area contributed by atoms with Crippen LogP contribution in [0.25, 0.3) is 44.6 Å². The number of aromatic nitrogens is 3. The Balaban J connectivity index is 1.62. The van der Waals surface area contributed by atoms with Gasteiger partial charge >= 0.3 is 5.66 Å². The Morgan fingerprint density at radius 2 is 1.78 bits per heavy atom.